The van der Waals surface area contributed by atoms with E-state index in [4.69, 9.17) is 0 Å². The van der Waals surface area contributed by atoms with Crippen LogP contribution in [0.25, 0.3) is 0 Å². The van der Waals surface area contributed by atoms with E-state index in [9.17, 15) is 5.11 Å². The van der Waals surface area contributed by atoms with Crippen LogP contribution in [0.1, 0.15) is 30.9 Å². The van der Waals surface area contributed by atoms with Crippen molar-refractivity contribution >= 4 is 0 Å². The van der Waals surface area contributed by atoms with Crippen LogP contribution in [0, 0.1) is 5.92 Å². The highest BCUT2D eigenvalue weighted by molar-refractivity contribution is 5.44. The van der Waals surface area contributed by atoms with Crippen LogP contribution in [0.4, 0.5) is 0 Å². The van der Waals surface area contributed by atoms with Crippen molar-refractivity contribution in [3.8, 4) is 5.75 Å². The van der Waals surface area contributed by atoms with Crippen LogP contribution in [-0.4, -0.2) is 5.11 Å². The average molecular weight is 162 g/mol. The molecule has 0 spiro atoms. The molecule has 2 rings (SSSR count). The van der Waals surface area contributed by atoms with Gasteiger partial charge in [0.1, 0.15) is 5.75 Å². The van der Waals surface area contributed by atoms with E-state index < -0.39 is 0 Å². The second kappa shape index (κ2) is 2.51. The Morgan fingerprint density at radius 3 is 2.75 bits per heavy atom. The summed E-state index contributed by atoms with van der Waals surface area (Å²) in [6.07, 6.45) is 1.03. The molecule has 0 aromatic heterocycles. The van der Waals surface area contributed by atoms with Gasteiger partial charge in [0.2, 0.25) is 0 Å². The first-order valence-corrected chi connectivity index (χ1v) is 4.51. The first-order valence-electron chi connectivity index (χ1n) is 4.51. The Bertz CT molecular complexity index is 304. The molecular weight excluding hydrogens is 148 g/mol. The van der Waals surface area contributed by atoms with Crippen LogP contribution in [0.15, 0.2) is 18.2 Å². The van der Waals surface area contributed by atoms with Gasteiger partial charge in [0.05, 0.1) is 0 Å². The van der Waals surface area contributed by atoms with Crippen molar-refractivity contribution in [2.45, 2.75) is 26.2 Å². The predicted molar refractivity (Wildman–Crippen MR) is 49.4 cm³/mol. The lowest BCUT2D eigenvalue weighted by Crippen LogP contribution is -1.97. The molecule has 0 aliphatic heterocycles. The van der Waals surface area contributed by atoms with Gasteiger partial charge >= 0.3 is 0 Å². The molecule has 1 aliphatic rings. The first-order chi connectivity index (χ1) is 5.70. The second-order valence-corrected chi connectivity index (χ2v) is 3.82. The van der Waals surface area contributed by atoms with Crippen LogP contribution in [0.3, 0.4) is 0 Å². The van der Waals surface area contributed by atoms with Crippen molar-refractivity contribution in [3.05, 3.63) is 29.3 Å². The highest BCUT2D eigenvalue weighted by Crippen LogP contribution is 2.40. The third-order valence-corrected chi connectivity index (χ3v) is 3.06. The predicted octanol–water partition coefficient (Wildman–Crippen LogP) is 2.69. The normalized spacial score (nSPS) is 27.2. The van der Waals surface area contributed by atoms with E-state index in [1.165, 1.54) is 5.56 Å². The Kier molecular flexibility index (Phi) is 1.60. The number of hydrogen-bond acceptors (Lipinski definition) is 1. The molecule has 1 aliphatic carbocycles. The zero-order valence-electron chi connectivity index (χ0n) is 7.54. The smallest absolute Gasteiger partial charge is 0.119 e. The van der Waals surface area contributed by atoms with E-state index in [0.29, 0.717) is 17.6 Å². The van der Waals surface area contributed by atoms with Gasteiger partial charge in [-0.25, -0.2) is 0 Å². The van der Waals surface area contributed by atoms with Crippen LogP contribution in [0.2, 0.25) is 0 Å². The van der Waals surface area contributed by atoms with E-state index >= 15 is 0 Å². The van der Waals surface area contributed by atoms with Crippen molar-refractivity contribution < 1.29 is 5.11 Å². The molecule has 0 bridgehead atoms. The Hall–Kier alpha value is -0.980. The number of aromatic hydroxyl groups is 1. The van der Waals surface area contributed by atoms with Gasteiger partial charge in [-0.2, -0.15) is 0 Å². The molecule has 0 radical (unpaired) electrons. The Balaban J connectivity index is 2.53. The van der Waals surface area contributed by atoms with Crippen molar-refractivity contribution in [3.63, 3.8) is 0 Å². The van der Waals surface area contributed by atoms with E-state index in [1.54, 1.807) is 6.07 Å². The summed E-state index contributed by atoms with van der Waals surface area (Å²) in [4.78, 5) is 0. The highest BCUT2D eigenvalue weighted by atomic mass is 16.3. The van der Waals surface area contributed by atoms with Gasteiger partial charge < -0.3 is 5.11 Å². The Morgan fingerprint density at radius 1 is 1.33 bits per heavy atom. The maximum atomic E-state index is 9.57. The number of phenols is 1. The zero-order valence-corrected chi connectivity index (χ0v) is 7.54. The number of fused-ring (bicyclic) bond motifs is 1. The minimum atomic E-state index is 0.476. The molecule has 1 nitrogen and oxygen atoms in total. The second-order valence-electron chi connectivity index (χ2n) is 3.82. The highest BCUT2D eigenvalue weighted by Gasteiger charge is 2.27. The zero-order chi connectivity index (χ0) is 8.72. The van der Waals surface area contributed by atoms with Crippen molar-refractivity contribution in [2.75, 3.05) is 0 Å². The van der Waals surface area contributed by atoms with Gasteiger partial charge in [-0.15, -0.1) is 0 Å². The quantitative estimate of drug-likeness (QED) is 0.621. The molecule has 1 heteroatoms. The summed E-state index contributed by atoms with van der Waals surface area (Å²) in [5.74, 6) is 1.75. The van der Waals surface area contributed by atoms with Gasteiger partial charge in [-0.1, -0.05) is 26.0 Å². The largest absolute Gasteiger partial charge is 0.508 e. The molecule has 1 aromatic rings. The fourth-order valence-electron chi connectivity index (χ4n) is 2.05. The lowest BCUT2D eigenvalue weighted by Gasteiger charge is -2.08. The molecule has 0 fully saturated rings. The maximum absolute atomic E-state index is 9.57. The Labute approximate surface area is 73.0 Å². The van der Waals surface area contributed by atoms with Crippen molar-refractivity contribution in [1.82, 2.24) is 0 Å². The molecule has 0 saturated heterocycles. The molecule has 0 amide bonds. The minimum absolute atomic E-state index is 0.476. The molecule has 2 unspecified atom stereocenters. The molecule has 0 heterocycles. The van der Waals surface area contributed by atoms with Crippen LogP contribution >= 0.6 is 0 Å². The molecule has 1 aromatic carbocycles. The van der Waals surface area contributed by atoms with Gasteiger partial charge in [0.15, 0.2) is 0 Å². The summed E-state index contributed by atoms with van der Waals surface area (Å²) in [5.41, 5.74) is 2.50. The van der Waals surface area contributed by atoms with Gasteiger partial charge in [0, 0.05) is 0 Å². The fraction of sp³-hybridized carbons (Fsp3) is 0.455. The summed E-state index contributed by atoms with van der Waals surface area (Å²) in [7, 11) is 0. The van der Waals surface area contributed by atoms with Gasteiger partial charge in [-0.3, -0.25) is 0 Å². The number of benzene rings is 1. The van der Waals surface area contributed by atoms with Crippen molar-refractivity contribution in [1.29, 1.82) is 0 Å². The third kappa shape index (κ3) is 0.927. The average Bonchev–Trinajstić information content (AvgIpc) is 2.32. The fourth-order valence-corrected chi connectivity index (χ4v) is 2.05. The summed E-state index contributed by atoms with van der Waals surface area (Å²) < 4.78 is 0. The molecular formula is C11H14O. The lowest BCUT2D eigenvalue weighted by atomic mass is 9.97. The summed E-state index contributed by atoms with van der Waals surface area (Å²) in [6, 6.07) is 5.84. The van der Waals surface area contributed by atoms with Crippen molar-refractivity contribution in [2.24, 2.45) is 5.92 Å². The number of rotatable bonds is 0. The van der Waals surface area contributed by atoms with E-state index in [1.807, 2.05) is 6.07 Å². The SMILES string of the molecule is CC1Cc2c(O)cccc2C1C. The molecule has 0 saturated carbocycles. The summed E-state index contributed by atoms with van der Waals surface area (Å²) in [6.45, 7) is 4.47. The number of phenolic OH excluding ortho intramolecular Hbond substituents is 1. The molecule has 1 N–H and O–H groups in total. The minimum Gasteiger partial charge on any atom is -0.508 e. The van der Waals surface area contributed by atoms with E-state index in [2.05, 4.69) is 19.9 Å². The molecule has 12 heavy (non-hydrogen) atoms. The van der Waals surface area contributed by atoms with E-state index in [0.717, 1.165) is 12.0 Å². The summed E-state index contributed by atoms with van der Waals surface area (Å²) in [5, 5.41) is 9.57. The topological polar surface area (TPSA) is 20.2 Å². The van der Waals surface area contributed by atoms with E-state index in [-0.39, 0.29) is 0 Å². The molecule has 64 valence electrons. The lowest BCUT2D eigenvalue weighted by molar-refractivity contribution is 0.465. The van der Waals surface area contributed by atoms with Gasteiger partial charge in [0.25, 0.3) is 0 Å². The monoisotopic (exact) mass is 162 g/mol. The first kappa shape index (κ1) is 7.66. The van der Waals surface area contributed by atoms with Crippen LogP contribution in [0.5, 0.6) is 5.75 Å². The maximum Gasteiger partial charge on any atom is 0.119 e. The van der Waals surface area contributed by atoms with Gasteiger partial charge in [-0.05, 0) is 35.4 Å². The summed E-state index contributed by atoms with van der Waals surface area (Å²) >= 11 is 0. The standard InChI is InChI=1S/C11H14O/c1-7-6-10-9(8(7)2)4-3-5-11(10)12/h3-5,7-8,12H,6H2,1-2H3. The number of hydrogen-bond donors (Lipinski definition) is 1. The van der Waals surface area contributed by atoms with Crippen LogP contribution < -0.4 is 0 Å². The molecule has 2 atom stereocenters. The Morgan fingerprint density at radius 2 is 2.08 bits per heavy atom. The third-order valence-electron chi connectivity index (χ3n) is 3.06. The van der Waals surface area contributed by atoms with Crippen LogP contribution in [-0.2, 0) is 6.42 Å².